The predicted molar refractivity (Wildman–Crippen MR) is 58.4 cm³/mol. The van der Waals surface area contributed by atoms with Crippen LogP contribution in [0.1, 0.15) is 25.0 Å². The molecule has 5 heteroatoms. The summed E-state index contributed by atoms with van der Waals surface area (Å²) in [6.45, 7) is 3.14. The number of nitrogens with two attached hydrogens (primary N) is 1. The molecule has 0 bridgehead atoms. The van der Waals surface area contributed by atoms with Crippen LogP contribution < -0.4 is 5.73 Å². The molecule has 0 saturated carbocycles. The summed E-state index contributed by atoms with van der Waals surface area (Å²) in [5.41, 5.74) is 4.43. The van der Waals surface area contributed by atoms with Gasteiger partial charge in [0.1, 0.15) is 0 Å². The lowest BCUT2D eigenvalue weighted by Crippen LogP contribution is -2.42. The molecule has 0 aliphatic carbocycles. The average Bonchev–Trinajstić information content (AvgIpc) is 2.15. The highest BCUT2D eigenvalue weighted by molar-refractivity contribution is 5.89. The van der Waals surface area contributed by atoms with Gasteiger partial charge in [-0.15, -0.1) is 0 Å². The zero-order chi connectivity index (χ0) is 13.3. The molecule has 2 N–H and O–H groups in total. The van der Waals surface area contributed by atoms with Gasteiger partial charge in [0.25, 0.3) is 0 Å². The van der Waals surface area contributed by atoms with Crippen molar-refractivity contribution in [3.63, 3.8) is 0 Å². The van der Waals surface area contributed by atoms with Crippen molar-refractivity contribution in [2.24, 2.45) is 5.73 Å². The molecule has 0 radical (unpaired) electrons. The normalized spacial score (nSPS) is 12.6. The predicted octanol–water partition coefficient (Wildman–Crippen LogP) is 2.55. The van der Waals surface area contributed by atoms with Gasteiger partial charge in [-0.3, -0.25) is 4.79 Å². The van der Waals surface area contributed by atoms with E-state index in [9.17, 15) is 18.0 Å². The lowest BCUT2D eigenvalue weighted by atomic mass is 9.94. The van der Waals surface area contributed by atoms with Crippen LogP contribution in [0.25, 0.3) is 0 Å². The molecule has 0 aromatic heterocycles. The van der Waals surface area contributed by atoms with Gasteiger partial charge in [-0.05, 0) is 31.5 Å². The summed E-state index contributed by atoms with van der Waals surface area (Å²) in [4.78, 5) is 11.6. The molecule has 2 nitrogen and oxygen atoms in total. The van der Waals surface area contributed by atoms with E-state index in [1.165, 1.54) is 12.1 Å². The Kier molecular flexibility index (Phi) is 3.62. The number of rotatable bonds is 3. The minimum atomic E-state index is -4.35. The molecule has 1 aromatic rings. The molecule has 1 rings (SSSR count). The van der Waals surface area contributed by atoms with Crippen LogP contribution in [0.5, 0.6) is 0 Å². The van der Waals surface area contributed by atoms with Crippen LogP contribution in [0.3, 0.4) is 0 Å². The molecular formula is C12H14F3NO. The van der Waals surface area contributed by atoms with E-state index < -0.39 is 17.3 Å². The highest BCUT2D eigenvalue weighted by Gasteiger charge is 2.30. The summed E-state index contributed by atoms with van der Waals surface area (Å²) in [6.07, 6.45) is -4.31. The van der Waals surface area contributed by atoms with Crippen LogP contribution in [-0.2, 0) is 17.4 Å². The highest BCUT2D eigenvalue weighted by Crippen LogP contribution is 2.29. The lowest BCUT2D eigenvalue weighted by molar-refractivity contribution is -0.137. The van der Waals surface area contributed by atoms with Gasteiger partial charge in [-0.25, -0.2) is 0 Å². The first-order chi connectivity index (χ1) is 7.60. The summed E-state index contributed by atoms with van der Waals surface area (Å²) in [7, 11) is 0. The molecule has 0 aliphatic heterocycles. The number of carbonyl (C=O) groups excluding carboxylic acids is 1. The molecule has 94 valence electrons. The number of hydrogen-bond donors (Lipinski definition) is 1. The topological polar surface area (TPSA) is 43.1 Å². The molecule has 0 fully saturated rings. The number of halogens is 3. The largest absolute Gasteiger partial charge is 0.416 e. The van der Waals surface area contributed by atoms with Crippen molar-refractivity contribution >= 4 is 5.78 Å². The number of carbonyl (C=O) groups is 1. The number of ketones is 1. The molecule has 0 spiro atoms. The SMILES string of the molecule is CC(C)(N)C(=O)Cc1ccc(C(F)(F)F)cc1. The van der Waals surface area contributed by atoms with E-state index in [0.717, 1.165) is 12.1 Å². The number of hydrogen-bond acceptors (Lipinski definition) is 2. The maximum atomic E-state index is 12.3. The molecule has 17 heavy (non-hydrogen) atoms. The lowest BCUT2D eigenvalue weighted by Gasteiger charge is -2.16. The fourth-order valence-corrected chi connectivity index (χ4v) is 1.22. The van der Waals surface area contributed by atoms with E-state index >= 15 is 0 Å². The van der Waals surface area contributed by atoms with Crippen LogP contribution >= 0.6 is 0 Å². The van der Waals surface area contributed by atoms with Crippen LogP contribution in [-0.4, -0.2) is 11.3 Å². The van der Waals surface area contributed by atoms with Crippen LogP contribution in [0.2, 0.25) is 0 Å². The van der Waals surface area contributed by atoms with Crippen molar-refractivity contribution in [1.29, 1.82) is 0 Å². The highest BCUT2D eigenvalue weighted by atomic mass is 19.4. The van der Waals surface area contributed by atoms with Gasteiger partial charge in [0.15, 0.2) is 5.78 Å². The van der Waals surface area contributed by atoms with Crippen molar-refractivity contribution in [1.82, 2.24) is 0 Å². The van der Waals surface area contributed by atoms with E-state index in [4.69, 9.17) is 5.73 Å². The Morgan fingerprint density at radius 1 is 1.18 bits per heavy atom. The third-order valence-electron chi connectivity index (χ3n) is 2.36. The molecule has 0 unspecified atom stereocenters. The van der Waals surface area contributed by atoms with Crippen molar-refractivity contribution in [2.45, 2.75) is 32.0 Å². The van der Waals surface area contributed by atoms with E-state index in [2.05, 4.69) is 0 Å². The van der Waals surface area contributed by atoms with Gasteiger partial charge in [0.05, 0.1) is 11.1 Å². The van der Waals surface area contributed by atoms with Crippen molar-refractivity contribution in [3.8, 4) is 0 Å². The van der Waals surface area contributed by atoms with Crippen molar-refractivity contribution in [2.75, 3.05) is 0 Å². The van der Waals surface area contributed by atoms with E-state index in [0.29, 0.717) is 5.56 Å². The molecule has 1 aromatic carbocycles. The Bertz CT molecular complexity index is 401. The minimum Gasteiger partial charge on any atom is -0.319 e. The standard InChI is InChI=1S/C12H14F3NO/c1-11(2,16)10(17)7-8-3-5-9(6-4-8)12(13,14)15/h3-6H,7,16H2,1-2H3. The van der Waals surface area contributed by atoms with Crippen LogP contribution in [0.4, 0.5) is 13.2 Å². The van der Waals surface area contributed by atoms with Gasteiger partial charge in [-0.1, -0.05) is 12.1 Å². The summed E-state index contributed by atoms with van der Waals surface area (Å²) in [6, 6.07) is 4.52. The third-order valence-corrected chi connectivity index (χ3v) is 2.36. The minimum absolute atomic E-state index is 0.0433. The molecule has 0 heterocycles. The average molecular weight is 245 g/mol. The zero-order valence-corrected chi connectivity index (χ0v) is 9.64. The second-order valence-corrected chi connectivity index (χ2v) is 4.52. The zero-order valence-electron chi connectivity index (χ0n) is 9.64. The monoisotopic (exact) mass is 245 g/mol. The van der Waals surface area contributed by atoms with Gasteiger partial charge >= 0.3 is 6.18 Å². The quantitative estimate of drug-likeness (QED) is 0.889. The molecule has 0 amide bonds. The number of alkyl halides is 3. The summed E-state index contributed by atoms with van der Waals surface area (Å²) in [5.74, 6) is -0.211. The van der Waals surface area contributed by atoms with Gasteiger partial charge < -0.3 is 5.73 Å². The maximum Gasteiger partial charge on any atom is 0.416 e. The van der Waals surface area contributed by atoms with Crippen molar-refractivity contribution in [3.05, 3.63) is 35.4 Å². The first-order valence-electron chi connectivity index (χ1n) is 5.09. The second kappa shape index (κ2) is 4.49. The van der Waals surface area contributed by atoms with Gasteiger partial charge in [0.2, 0.25) is 0 Å². The first kappa shape index (κ1) is 13.7. The van der Waals surface area contributed by atoms with E-state index in [-0.39, 0.29) is 12.2 Å². The van der Waals surface area contributed by atoms with Gasteiger partial charge in [-0.2, -0.15) is 13.2 Å². The Labute approximate surface area is 97.6 Å². The second-order valence-electron chi connectivity index (χ2n) is 4.52. The van der Waals surface area contributed by atoms with Crippen molar-refractivity contribution < 1.29 is 18.0 Å². The Hall–Kier alpha value is -1.36. The summed E-state index contributed by atoms with van der Waals surface area (Å²) in [5, 5.41) is 0. The summed E-state index contributed by atoms with van der Waals surface area (Å²) < 4.78 is 36.9. The number of Topliss-reactive ketones (excluding diaryl/α,β-unsaturated/α-hetero) is 1. The first-order valence-corrected chi connectivity index (χ1v) is 5.09. The Morgan fingerprint density at radius 3 is 2.00 bits per heavy atom. The fraction of sp³-hybridized carbons (Fsp3) is 0.417. The Morgan fingerprint density at radius 2 is 1.65 bits per heavy atom. The summed E-state index contributed by atoms with van der Waals surface area (Å²) >= 11 is 0. The van der Waals surface area contributed by atoms with E-state index in [1.54, 1.807) is 13.8 Å². The van der Waals surface area contributed by atoms with E-state index in [1.807, 2.05) is 0 Å². The third kappa shape index (κ3) is 3.85. The maximum absolute atomic E-state index is 12.3. The molecule has 0 saturated heterocycles. The Balaban J connectivity index is 2.80. The van der Waals surface area contributed by atoms with Crippen LogP contribution in [0, 0.1) is 0 Å². The molecule has 0 aliphatic rings. The number of benzene rings is 1. The smallest absolute Gasteiger partial charge is 0.319 e. The molecular weight excluding hydrogens is 231 g/mol. The van der Waals surface area contributed by atoms with Gasteiger partial charge in [0, 0.05) is 6.42 Å². The molecule has 0 atom stereocenters. The van der Waals surface area contributed by atoms with Crippen LogP contribution in [0.15, 0.2) is 24.3 Å². The fourth-order valence-electron chi connectivity index (χ4n) is 1.22.